The smallest absolute Gasteiger partial charge is 0.301 e. The number of hydrogen-bond donors (Lipinski definition) is 1. The molecule has 2 heterocycles. The Hall–Kier alpha value is -3.44. The van der Waals surface area contributed by atoms with Gasteiger partial charge in [-0.2, -0.15) is 0 Å². The molecule has 3 aromatic rings. The fourth-order valence-electron chi connectivity index (χ4n) is 4.69. The second-order valence-electron chi connectivity index (χ2n) is 8.60. The molecule has 3 atom stereocenters. The van der Waals surface area contributed by atoms with Crippen LogP contribution in [0.15, 0.2) is 36.7 Å². The van der Waals surface area contributed by atoms with Crippen LogP contribution in [0.1, 0.15) is 31.7 Å². The van der Waals surface area contributed by atoms with E-state index in [4.69, 9.17) is 22.9 Å². The zero-order valence-electron chi connectivity index (χ0n) is 18.6. The minimum Gasteiger partial charge on any atom is -0.494 e. The van der Waals surface area contributed by atoms with Gasteiger partial charge in [-0.15, -0.1) is 0 Å². The lowest BCUT2D eigenvalue weighted by Crippen LogP contribution is -2.36. The van der Waals surface area contributed by atoms with Crippen LogP contribution in [0, 0.1) is 18.3 Å². The number of aryl methyl sites for hydroxylation is 1. The number of carbonyl (C=O) groups excluding carboxylic acids is 1. The van der Waals surface area contributed by atoms with E-state index < -0.39 is 5.82 Å². The number of halogens is 2. The molecule has 1 saturated heterocycles. The third-order valence-corrected chi connectivity index (χ3v) is 6.71. The van der Waals surface area contributed by atoms with Gasteiger partial charge in [0.2, 0.25) is 5.91 Å². The molecule has 0 bridgehead atoms. The highest BCUT2D eigenvalue weighted by atomic mass is 35.5. The number of fused-ring (bicyclic) bond motifs is 2. The summed E-state index contributed by atoms with van der Waals surface area (Å²) in [5.41, 5.74) is 2.14. The Morgan fingerprint density at radius 1 is 1.32 bits per heavy atom. The van der Waals surface area contributed by atoms with Crippen molar-refractivity contribution in [3.63, 3.8) is 0 Å². The average molecular weight is 480 g/mol. The number of aromatic nitrogens is 2. The van der Waals surface area contributed by atoms with Gasteiger partial charge in [-0.05, 0) is 55.5 Å². The van der Waals surface area contributed by atoms with Crippen LogP contribution < -0.4 is 10.1 Å². The van der Waals surface area contributed by atoms with Crippen molar-refractivity contribution in [2.75, 3.05) is 11.9 Å². The Balaban J connectivity index is 1.42. The molecule has 2 aliphatic rings. The van der Waals surface area contributed by atoms with Crippen molar-refractivity contribution >= 4 is 39.9 Å². The molecular formula is C25H23ClFN5O2. The minimum absolute atomic E-state index is 0.0113. The van der Waals surface area contributed by atoms with E-state index in [1.165, 1.54) is 18.5 Å². The maximum absolute atomic E-state index is 13.5. The van der Waals surface area contributed by atoms with Crippen LogP contribution in [0.25, 0.3) is 15.7 Å². The molecule has 2 aromatic carbocycles. The number of ether oxygens (including phenoxy) is 1. The van der Waals surface area contributed by atoms with Crippen molar-refractivity contribution in [1.82, 2.24) is 14.9 Å². The van der Waals surface area contributed by atoms with Gasteiger partial charge in [-0.3, -0.25) is 14.5 Å². The Morgan fingerprint density at radius 2 is 2.18 bits per heavy atom. The second kappa shape index (κ2) is 9.07. The molecule has 5 rings (SSSR count). The third-order valence-electron chi connectivity index (χ3n) is 6.42. The summed E-state index contributed by atoms with van der Waals surface area (Å²) >= 11 is 5.92. The van der Waals surface area contributed by atoms with Crippen LogP contribution in [0.2, 0.25) is 5.02 Å². The SMILES string of the molecule is [C-]#[N+]C1CC2CC2N1C(=O)CCc1cc2c(Nc3ccc(F)c(Cl)c3)ncnc2cc1OCC. The van der Waals surface area contributed by atoms with Crippen molar-refractivity contribution < 1.29 is 13.9 Å². The van der Waals surface area contributed by atoms with Gasteiger partial charge < -0.3 is 10.1 Å². The summed E-state index contributed by atoms with van der Waals surface area (Å²) in [6, 6.07) is 8.38. The molecule has 0 spiro atoms. The first kappa shape index (κ1) is 22.4. The Morgan fingerprint density at radius 3 is 2.94 bits per heavy atom. The molecule has 1 aromatic heterocycles. The molecular weight excluding hydrogens is 457 g/mol. The minimum atomic E-state index is -0.496. The van der Waals surface area contributed by atoms with Gasteiger partial charge >= 0.3 is 6.17 Å². The quantitative estimate of drug-likeness (QED) is 0.462. The van der Waals surface area contributed by atoms with E-state index in [9.17, 15) is 9.18 Å². The van der Waals surface area contributed by atoms with Crippen LogP contribution in [0.5, 0.6) is 5.75 Å². The Bertz CT molecular complexity index is 1310. The lowest BCUT2D eigenvalue weighted by Gasteiger charge is -2.20. The highest BCUT2D eigenvalue weighted by Gasteiger charge is 2.56. The molecule has 2 fully saturated rings. The highest BCUT2D eigenvalue weighted by Crippen LogP contribution is 2.48. The van der Waals surface area contributed by atoms with E-state index in [-0.39, 0.29) is 23.1 Å². The van der Waals surface area contributed by atoms with Gasteiger partial charge in [0.25, 0.3) is 0 Å². The molecule has 3 unspecified atom stereocenters. The van der Waals surface area contributed by atoms with Crippen LogP contribution >= 0.6 is 11.6 Å². The van der Waals surface area contributed by atoms with Crippen molar-refractivity contribution in [2.45, 2.75) is 44.8 Å². The highest BCUT2D eigenvalue weighted by molar-refractivity contribution is 6.31. The standard InChI is InChI=1S/C25H23ClFN5O2/c1-3-34-22-12-20-17(25(30-13-29-20)31-16-5-6-19(27)18(26)11-16)8-14(22)4-7-24(33)32-21-9-15(21)10-23(32)28-2/h5-6,8,11-13,15,21,23H,3-4,7,9-10H2,1H3,(H,29,30,31). The lowest BCUT2D eigenvalue weighted by molar-refractivity contribution is -0.132. The molecule has 0 radical (unpaired) electrons. The summed E-state index contributed by atoms with van der Waals surface area (Å²) in [6.45, 7) is 9.80. The first-order chi connectivity index (χ1) is 16.5. The molecule has 1 saturated carbocycles. The summed E-state index contributed by atoms with van der Waals surface area (Å²) < 4.78 is 19.4. The molecule has 174 valence electrons. The normalized spacial score (nSPS) is 20.6. The molecule has 34 heavy (non-hydrogen) atoms. The van der Waals surface area contributed by atoms with Crippen molar-refractivity contribution in [3.05, 3.63) is 64.5 Å². The number of rotatable bonds is 7. The maximum atomic E-state index is 13.5. The van der Waals surface area contributed by atoms with E-state index in [1.807, 2.05) is 19.1 Å². The topological polar surface area (TPSA) is 71.7 Å². The number of nitrogens with one attached hydrogen (secondary N) is 1. The zero-order chi connectivity index (χ0) is 23.8. The predicted octanol–water partition coefficient (Wildman–Crippen LogP) is 5.36. The van der Waals surface area contributed by atoms with Crippen LogP contribution in [-0.4, -0.2) is 39.6 Å². The molecule has 9 heteroatoms. The van der Waals surface area contributed by atoms with E-state index >= 15 is 0 Å². The summed E-state index contributed by atoms with van der Waals surface area (Å²) in [5, 5.41) is 3.94. The van der Waals surface area contributed by atoms with Crippen molar-refractivity contribution in [1.29, 1.82) is 0 Å². The fourth-order valence-corrected chi connectivity index (χ4v) is 4.87. The van der Waals surface area contributed by atoms with Crippen molar-refractivity contribution in [3.8, 4) is 5.75 Å². The van der Waals surface area contributed by atoms with Gasteiger partial charge in [0.05, 0.1) is 17.1 Å². The molecule has 1 aliphatic carbocycles. The summed E-state index contributed by atoms with van der Waals surface area (Å²) in [4.78, 5) is 27.1. The number of anilines is 2. The number of hydrogen-bond acceptors (Lipinski definition) is 5. The maximum Gasteiger partial charge on any atom is 0.301 e. The van der Waals surface area contributed by atoms with Crippen LogP contribution in [-0.2, 0) is 11.2 Å². The number of benzene rings is 2. The van der Waals surface area contributed by atoms with Crippen LogP contribution in [0.4, 0.5) is 15.9 Å². The van der Waals surface area contributed by atoms with Gasteiger partial charge in [0.1, 0.15) is 23.7 Å². The molecule has 7 nitrogen and oxygen atoms in total. The number of amides is 1. The van der Waals surface area contributed by atoms with E-state index in [1.54, 1.807) is 11.0 Å². The molecule has 1 N–H and O–H groups in total. The van der Waals surface area contributed by atoms with E-state index in [2.05, 4.69) is 20.1 Å². The summed E-state index contributed by atoms with van der Waals surface area (Å²) in [5.74, 6) is 1.22. The lowest BCUT2D eigenvalue weighted by atomic mass is 10.0. The zero-order valence-corrected chi connectivity index (χ0v) is 19.3. The van der Waals surface area contributed by atoms with Gasteiger partial charge in [-0.1, -0.05) is 11.6 Å². The number of piperidine rings is 1. The number of carbonyl (C=O) groups is 1. The Labute approximate surface area is 201 Å². The summed E-state index contributed by atoms with van der Waals surface area (Å²) in [6.07, 6.45) is 3.69. The number of likely N-dealkylation sites (tertiary alicyclic amines) is 1. The Kier molecular flexibility index (Phi) is 5.96. The molecule has 1 amide bonds. The van der Waals surface area contributed by atoms with Crippen LogP contribution in [0.3, 0.4) is 0 Å². The largest absolute Gasteiger partial charge is 0.494 e. The first-order valence-electron chi connectivity index (χ1n) is 11.3. The average Bonchev–Trinajstić information content (AvgIpc) is 3.49. The number of nitrogens with zero attached hydrogens (tertiary/aromatic N) is 4. The van der Waals surface area contributed by atoms with Gasteiger partial charge in [0, 0.05) is 36.0 Å². The first-order valence-corrected chi connectivity index (χ1v) is 11.7. The van der Waals surface area contributed by atoms with E-state index in [0.29, 0.717) is 48.1 Å². The monoisotopic (exact) mass is 479 g/mol. The molecule has 1 aliphatic heterocycles. The fraction of sp³-hybridized carbons (Fsp3) is 0.360. The van der Waals surface area contributed by atoms with Gasteiger partial charge in [-0.25, -0.2) is 20.9 Å². The summed E-state index contributed by atoms with van der Waals surface area (Å²) in [7, 11) is 0. The van der Waals surface area contributed by atoms with Gasteiger partial charge in [0.15, 0.2) is 0 Å². The predicted molar refractivity (Wildman–Crippen MR) is 127 cm³/mol. The second-order valence-corrected chi connectivity index (χ2v) is 9.00. The van der Waals surface area contributed by atoms with Crippen molar-refractivity contribution in [2.24, 2.45) is 5.92 Å². The third kappa shape index (κ3) is 4.24. The van der Waals surface area contributed by atoms with E-state index in [0.717, 1.165) is 23.8 Å².